The first-order chi connectivity index (χ1) is 17.8. The molecule has 1 amide bonds. The molecule has 0 aliphatic carbocycles. The number of hydrogen-bond acceptors (Lipinski definition) is 8. The fourth-order valence-electron chi connectivity index (χ4n) is 4.16. The second-order valence-electron chi connectivity index (χ2n) is 9.61. The van der Waals surface area contributed by atoms with Crippen molar-refractivity contribution < 1.29 is 14.6 Å². The normalized spacial score (nSPS) is 13.7. The molecular formula is C27H27N7O3. The molecule has 10 nitrogen and oxygen atoms in total. The number of aliphatic hydroxyl groups is 1. The Bertz CT molecular complexity index is 1470. The van der Waals surface area contributed by atoms with Crippen LogP contribution >= 0.6 is 0 Å². The zero-order valence-electron chi connectivity index (χ0n) is 20.7. The average molecular weight is 498 g/mol. The fraction of sp³-hybridized carbons (Fsp3) is 0.296. The number of aromatic nitrogens is 4. The van der Waals surface area contributed by atoms with E-state index in [-0.39, 0.29) is 12.5 Å². The molecule has 1 fully saturated rings. The maximum Gasteiger partial charge on any atom is 0.228 e. The molecule has 1 aliphatic heterocycles. The van der Waals surface area contributed by atoms with Crippen LogP contribution in [0.15, 0.2) is 55.1 Å². The van der Waals surface area contributed by atoms with Crippen LogP contribution in [0.2, 0.25) is 0 Å². The summed E-state index contributed by atoms with van der Waals surface area (Å²) >= 11 is 0. The Labute approximate surface area is 214 Å². The number of nitrogens with zero attached hydrogens (tertiary/aromatic N) is 6. The Balaban J connectivity index is 1.32. The summed E-state index contributed by atoms with van der Waals surface area (Å²) in [5.74, 6) is 2.01. The molecule has 4 aromatic rings. The highest BCUT2D eigenvalue weighted by Crippen LogP contribution is 2.31. The lowest BCUT2D eigenvalue weighted by atomic mass is 10.1. The number of nitriles is 1. The van der Waals surface area contributed by atoms with E-state index in [1.807, 2.05) is 30.3 Å². The lowest BCUT2D eigenvalue weighted by Crippen LogP contribution is -2.27. The predicted octanol–water partition coefficient (Wildman–Crippen LogP) is 3.55. The summed E-state index contributed by atoms with van der Waals surface area (Å²) in [5.41, 5.74) is 2.62. The minimum atomic E-state index is -0.993. The molecular weight excluding hydrogens is 470 g/mol. The lowest BCUT2D eigenvalue weighted by molar-refractivity contribution is -0.117. The van der Waals surface area contributed by atoms with Crippen LogP contribution in [0.3, 0.4) is 0 Å². The number of fused-ring (bicyclic) bond motifs is 1. The van der Waals surface area contributed by atoms with Crippen LogP contribution in [0.1, 0.15) is 37.8 Å². The van der Waals surface area contributed by atoms with Crippen molar-refractivity contribution >= 4 is 23.1 Å². The van der Waals surface area contributed by atoms with Crippen molar-refractivity contribution in [1.29, 1.82) is 5.26 Å². The Morgan fingerprint density at radius 3 is 2.70 bits per heavy atom. The number of anilines is 2. The number of hydrogen-bond donors (Lipinski definition) is 2. The highest BCUT2D eigenvalue weighted by Gasteiger charge is 2.22. The lowest BCUT2D eigenvalue weighted by Gasteiger charge is -2.18. The van der Waals surface area contributed by atoms with E-state index in [1.54, 1.807) is 41.9 Å². The molecule has 2 N–H and O–H groups in total. The monoisotopic (exact) mass is 497 g/mol. The first kappa shape index (κ1) is 24.2. The molecule has 37 heavy (non-hydrogen) atoms. The first-order valence-corrected chi connectivity index (χ1v) is 12.0. The van der Waals surface area contributed by atoms with Gasteiger partial charge < -0.3 is 15.2 Å². The van der Waals surface area contributed by atoms with Crippen molar-refractivity contribution in [2.45, 2.75) is 38.8 Å². The summed E-state index contributed by atoms with van der Waals surface area (Å²) in [6.45, 7) is 4.69. The summed E-state index contributed by atoms with van der Waals surface area (Å²) in [7, 11) is 0. The summed E-state index contributed by atoms with van der Waals surface area (Å²) in [5, 5.41) is 27.2. The standard InChI is InChI=1S/C27H27N7O3/c1-27(2,36)17-37-21-10-22(26-20(11-28)15-32-34(26)16-21)19-6-7-23(30-14-19)29-12-18-5-8-24(31-13-18)33-9-3-4-25(33)35/h5-8,10,13-16,36H,3-4,9,12,17H2,1-2H3,(H,29,30). The number of amides is 1. The molecule has 0 unspecified atom stereocenters. The van der Waals surface area contributed by atoms with Crippen LogP contribution in [0.4, 0.5) is 11.6 Å². The molecule has 5 rings (SSSR count). The Morgan fingerprint density at radius 1 is 1.19 bits per heavy atom. The van der Waals surface area contributed by atoms with E-state index in [1.165, 1.54) is 6.20 Å². The summed E-state index contributed by atoms with van der Waals surface area (Å²) < 4.78 is 7.39. The number of carbonyl (C=O) groups is 1. The predicted molar refractivity (Wildman–Crippen MR) is 138 cm³/mol. The van der Waals surface area contributed by atoms with Crippen LogP contribution in [-0.2, 0) is 11.3 Å². The van der Waals surface area contributed by atoms with E-state index >= 15 is 0 Å². The molecule has 0 spiro atoms. The Hall–Kier alpha value is -4.49. The van der Waals surface area contributed by atoms with Gasteiger partial charge in [0.2, 0.25) is 5.91 Å². The minimum absolute atomic E-state index is 0.107. The van der Waals surface area contributed by atoms with Gasteiger partial charge in [-0.15, -0.1) is 0 Å². The maximum absolute atomic E-state index is 11.9. The second kappa shape index (κ2) is 9.87. The molecule has 5 heterocycles. The van der Waals surface area contributed by atoms with Crippen molar-refractivity contribution in [3.05, 3.63) is 66.2 Å². The highest BCUT2D eigenvalue weighted by molar-refractivity contribution is 5.94. The van der Waals surface area contributed by atoms with Gasteiger partial charge in [0.1, 0.15) is 30.1 Å². The number of pyridine rings is 3. The molecule has 0 atom stereocenters. The van der Waals surface area contributed by atoms with Gasteiger partial charge >= 0.3 is 0 Å². The molecule has 0 saturated carbocycles. The third kappa shape index (κ3) is 5.37. The molecule has 1 aliphatic rings. The third-order valence-corrected chi connectivity index (χ3v) is 6.01. The summed E-state index contributed by atoms with van der Waals surface area (Å²) in [6, 6.07) is 11.6. The van der Waals surface area contributed by atoms with Crippen LogP contribution in [0.5, 0.6) is 5.75 Å². The van der Waals surface area contributed by atoms with Crippen molar-refractivity contribution in [3.8, 4) is 22.9 Å². The minimum Gasteiger partial charge on any atom is -0.489 e. The number of rotatable bonds is 8. The van der Waals surface area contributed by atoms with Crippen LogP contribution in [-0.4, -0.2) is 49.3 Å². The van der Waals surface area contributed by atoms with Gasteiger partial charge in [0.15, 0.2) is 0 Å². The van der Waals surface area contributed by atoms with E-state index in [0.29, 0.717) is 41.4 Å². The smallest absolute Gasteiger partial charge is 0.228 e. The SMILES string of the molecule is CC(C)(O)COc1cc(-c2ccc(NCc3ccc(N4CCCC4=O)nc3)nc2)c2c(C#N)cnn2c1. The van der Waals surface area contributed by atoms with Gasteiger partial charge in [-0.25, -0.2) is 14.5 Å². The van der Waals surface area contributed by atoms with Crippen LogP contribution < -0.4 is 15.0 Å². The van der Waals surface area contributed by atoms with Gasteiger partial charge in [0.05, 0.1) is 29.1 Å². The van der Waals surface area contributed by atoms with Crippen molar-refractivity contribution in [3.63, 3.8) is 0 Å². The van der Waals surface area contributed by atoms with Crippen LogP contribution in [0, 0.1) is 11.3 Å². The Morgan fingerprint density at radius 2 is 2.05 bits per heavy atom. The van der Waals surface area contributed by atoms with Gasteiger partial charge in [0, 0.05) is 43.0 Å². The van der Waals surface area contributed by atoms with E-state index in [0.717, 1.165) is 29.7 Å². The van der Waals surface area contributed by atoms with Gasteiger partial charge in [-0.2, -0.15) is 10.4 Å². The zero-order chi connectivity index (χ0) is 26.0. The van der Waals surface area contributed by atoms with Gasteiger partial charge in [-0.3, -0.25) is 9.69 Å². The molecule has 0 aromatic carbocycles. The quantitative estimate of drug-likeness (QED) is 0.378. The molecule has 0 radical (unpaired) electrons. The van der Waals surface area contributed by atoms with Crippen molar-refractivity contribution in [2.75, 3.05) is 23.4 Å². The van der Waals surface area contributed by atoms with Crippen LogP contribution in [0.25, 0.3) is 16.6 Å². The number of ether oxygens (including phenoxy) is 1. The van der Waals surface area contributed by atoms with E-state index in [2.05, 4.69) is 26.5 Å². The largest absolute Gasteiger partial charge is 0.489 e. The first-order valence-electron chi connectivity index (χ1n) is 12.0. The summed E-state index contributed by atoms with van der Waals surface area (Å²) in [6.07, 6.45) is 8.14. The number of carbonyl (C=O) groups excluding carboxylic acids is 1. The number of nitrogens with one attached hydrogen (secondary N) is 1. The second-order valence-corrected chi connectivity index (χ2v) is 9.61. The van der Waals surface area contributed by atoms with Crippen molar-refractivity contribution in [2.24, 2.45) is 0 Å². The van der Waals surface area contributed by atoms with E-state index in [9.17, 15) is 15.2 Å². The third-order valence-electron chi connectivity index (χ3n) is 6.01. The van der Waals surface area contributed by atoms with Crippen molar-refractivity contribution in [1.82, 2.24) is 19.6 Å². The highest BCUT2D eigenvalue weighted by atomic mass is 16.5. The maximum atomic E-state index is 11.9. The van der Waals surface area contributed by atoms with E-state index < -0.39 is 5.60 Å². The molecule has 188 valence electrons. The molecule has 10 heteroatoms. The summed E-state index contributed by atoms with van der Waals surface area (Å²) in [4.78, 5) is 22.6. The fourth-order valence-corrected chi connectivity index (χ4v) is 4.16. The molecule has 4 aromatic heterocycles. The topological polar surface area (TPSA) is 129 Å². The molecule has 0 bridgehead atoms. The van der Waals surface area contributed by atoms with Gasteiger partial charge in [-0.1, -0.05) is 6.07 Å². The average Bonchev–Trinajstić information content (AvgIpc) is 3.52. The van der Waals surface area contributed by atoms with E-state index in [4.69, 9.17) is 4.74 Å². The zero-order valence-corrected chi connectivity index (χ0v) is 20.7. The van der Waals surface area contributed by atoms with Gasteiger partial charge in [0.25, 0.3) is 0 Å². The molecule has 1 saturated heterocycles. The Kier molecular flexibility index (Phi) is 6.46. The van der Waals surface area contributed by atoms with Gasteiger partial charge in [-0.05, 0) is 50.1 Å².